The third-order valence-electron chi connectivity index (χ3n) is 1.85. The van der Waals surface area contributed by atoms with Crippen molar-refractivity contribution in [2.75, 3.05) is 7.11 Å². The first-order chi connectivity index (χ1) is 7.86. The van der Waals surface area contributed by atoms with Gasteiger partial charge in [-0.15, -0.1) is 0 Å². The van der Waals surface area contributed by atoms with Gasteiger partial charge in [-0.3, -0.25) is 10.1 Å². The second-order valence-corrected chi connectivity index (χ2v) is 2.95. The van der Waals surface area contributed by atoms with Crippen LogP contribution in [0.2, 0.25) is 0 Å². The van der Waals surface area contributed by atoms with Crippen LogP contribution in [0.5, 0.6) is 0 Å². The van der Waals surface area contributed by atoms with E-state index in [0.29, 0.717) is 6.07 Å². The van der Waals surface area contributed by atoms with Crippen LogP contribution in [0.25, 0.3) is 0 Å². The maximum atomic E-state index is 12.3. The standard InChI is InChI=1S/C9H7F3N2O3/c1-17-13-5-6-2-3-7(9(10,11)12)4-8(6)14(15)16/h2-5H,1H3. The molecule has 17 heavy (non-hydrogen) atoms. The van der Waals surface area contributed by atoms with E-state index < -0.39 is 22.4 Å². The summed E-state index contributed by atoms with van der Waals surface area (Å²) in [5.41, 5.74) is -1.83. The first kappa shape index (κ1) is 12.9. The molecule has 0 aromatic heterocycles. The predicted molar refractivity (Wildman–Crippen MR) is 52.7 cm³/mol. The Morgan fingerprint density at radius 2 is 2.12 bits per heavy atom. The van der Waals surface area contributed by atoms with Gasteiger partial charge in [-0.2, -0.15) is 13.2 Å². The Labute approximate surface area is 93.6 Å². The van der Waals surface area contributed by atoms with Crippen molar-refractivity contribution in [3.8, 4) is 0 Å². The Morgan fingerprint density at radius 3 is 2.59 bits per heavy atom. The second kappa shape index (κ2) is 4.81. The molecular formula is C9H7F3N2O3. The number of benzene rings is 1. The van der Waals surface area contributed by atoms with Crippen molar-refractivity contribution in [1.82, 2.24) is 0 Å². The molecule has 1 rings (SSSR count). The fraction of sp³-hybridized carbons (Fsp3) is 0.222. The normalized spacial score (nSPS) is 11.8. The van der Waals surface area contributed by atoms with Crippen molar-refractivity contribution in [2.24, 2.45) is 5.16 Å². The van der Waals surface area contributed by atoms with Crippen LogP contribution >= 0.6 is 0 Å². The zero-order valence-electron chi connectivity index (χ0n) is 8.56. The first-order valence-corrected chi connectivity index (χ1v) is 4.28. The van der Waals surface area contributed by atoms with Gasteiger partial charge in [0.15, 0.2) is 0 Å². The smallest absolute Gasteiger partial charge is 0.399 e. The van der Waals surface area contributed by atoms with Gasteiger partial charge in [0.25, 0.3) is 5.69 Å². The lowest BCUT2D eigenvalue weighted by molar-refractivity contribution is -0.385. The zero-order chi connectivity index (χ0) is 13.1. The van der Waals surface area contributed by atoms with E-state index in [1.165, 1.54) is 7.11 Å². The van der Waals surface area contributed by atoms with Gasteiger partial charge in [0.2, 0.25) is 0 Å². The number of nitro groups is 1. The molecule has 0 radical (unpaired) electrons. The summed E-state index contributed by atoms with van der Waals surface area (Å²) in [7, 11) is 1.21. The molecular weight excluding hydrogens is 241 g/mol. The highest BCUT2D eigenvalue weighted by molar-refractivity contribution is 5.85. The predicted octanol–water partition coefficient (Wildman–Crippen LogP) is 2.59. The minimum absolute atomic E-state index is 0.0650. The number of nitrogens with zero attached hydrogens (tertiary/aromatic N) is 2. The topological polar surface area (TPSA) is 64.7 Å². The van der Waals surface area contributed by atoms with Gasteiger partial charge in [-0.25, -0.2) is 0 Å². The highest BCUT2D eigenvalue weighted by Crippen LogP contribution is 2.32. The summed E-state index contributed by atoms with van der Waals surface area (Å²) in [6, 6.07) is 2.16. The summed E-state index contributed by atoms with van der Waals surface area (Å²) in [5, 5.41) is 13.9. The molecule has 0 saturated heterocycles. The van der Waals surface area contributed by atoms with Crippen LogP contribution in [-0.4, -0.2) is 18.2 Å². The average molecular weight is 248 g/mol. The van der Waals surface area contributed by atoms with Crippen molar-refractivity contribution < 1.29 is 22.9 Å². The minimum Gasteiger partial charge on any atom is -0.399 e. The maximum absolute atomic E-state index is 12.3. The summed E-state index contributed by atoms with van der Waals surface area (Å²) in [4.78, 5) is 14.0. The fourth-order valence-electron chi connectivity index (χ4n) is 1.10. The van der Waals surface area contributed by atoms with E-state index in [1.54, 1.807) is 0 Å². The summed E-state index contributed by atoms with van der Waals surface area (Å²) >= 11 is 0. The minimum atomic E-state index is -4.62. The van der Waals surface area contributed by atoms with Crippen molar-refractivity contribution in [2.45, 2.75) is 6.18 Å². The van der Waals surface area contributed by atoms with Gasteiger partial charge >= 0.3 is 6.18 Å². The lowest BCUT2D eigenvalue weighted by Gasteiger charge is -2.06. The van der Waals surface area contributed by atoms with Gasteiger partial charge in [-0.05, 0) is 12.1 Å². The molecule has 0 atom stereocenters. The van der Waals surface area contributed by atoms with Crippen molar-refractivity contribution in [3.05, 3.63) is 39.4 Å². The number of nitro benzene ring substituents is 1. The maximum Gasteiger partial charge on any atom is 0.416 e. The van der Waals surface area contributed by atoms with E-state index >= 15 is 0 Å². The van der Waals surface area contributed by atoms with Crippen LogP contribution in [0.3, 0.4) is 0 Å². The van der Waals surface area contributed by atoms with Crippen molar-refractivity contribution in [3.63, 3.8) is 0 Å². The molecule has 1 aromatic carbocycles. The number of alkyl halides is 3. The molecule has 0 N–H and O–H groups in total. The quantitative estimate of drug-likeness (QED) is 0.469. The SMILES string of the molecule is CON=Cc1ccc(C(F)(F)F)cc1[N+](=O)[O-]. The number of hydrogen-bond acceptors (Lipinski definition) is 4. The average Bonchev–Trinajstić information content (AvgIpc) is 2.24. The van der Waals surface area contributed by atoms with Crippen LogP contribution in [0.4, 0.5) is 18.9 Å². The largest absolute Gasteiger partial charge is 0.416 e. The number of halogens is 3. The van der Waals surface area contributed by atoms with Crippen LogP contribution in [0.1, 0.15) is 11.1 Å². The summed E-state index contributed by atoms with van der Waals surface area (Å²) in [6.45, 7) is 0. The highest BCUT2D eigenvalue weighted by Gasteiger charge is 2.32. The summed E-state index contributed by atoms with van der Waals surface area (Å²) in [5.74, 6) is 0. The fourth-order valence-corrected chi connectivity index (χ4v) is 1.10. The molecule has 0 bridgehead atoms. The van der Waals surface area contributed by atoms with E-state index in [4.69, 9.17) is 0 Å². The van der Waals surface area contributed by atoms with Gasteiger partial charge in [-0.1, -0.05) is 5.16 Å². The molecule has 5 nitrogen and oxygen atoms in total. The van der Waals surface area contributed by atoms with E-state index in [1.807, 2.05) is 0 Å². The van der Waals surface area contributed by atoms with E-state index in [2.05, 4.69) is 9.99 Å². The van der Waals surface area contributed by atoms with Crippen LogP contribution in [0.15, 0.2) is 23.4 Å². The molecule has 8 heteroatoms. The Hall–Kier alpha value is -2.12. The second-order valence-electron chi connectivity index (χ2n) is 2.95. The zero-order valence-corrected chi connectivity index (χ0v) is 8.56. The third kappa shape index (κ3) is 3.16. The highest BCUT2D eigenvalue weighted by atomic mass is 19.4. The van der Waals surface area contributed by atoms with E-state index in [0.717, 1.165) is 18.3 Å². The molecule has 0 aliphatic rings. The van der Waals surface area contributed by atoms with Crippen molar-refractivity contribution >= 4 is 11.9 Å². The molecule has 0 aliphatic heterocycles. The van der Waals surface area contributed by atoms with Crippen molar-refractivity contribution in [1.29, 1.82) is 0 Å². The molecule has 0 unspecified atom stereocenters. The molecule has 0 saturated carbocycles. The summed E-state index contributed by atoms with van der Waals surface area (Å²) in [6.07, 6.45) is -3.65. The lowest BCUT2D eigenvalue weighted by atomic mass is 10.1. The number of oxime groups is 1. The van der Waals surface area contributed by atoms with E-state index in [-0.39, 0.29) is 5.56 Å². The summed E-state index contributed by atoms with van der Waals surface area (Å²) < 4.78 is 37.0. The molecule has 0 spiro atoms. The monoisotopic (exact) mass is 248 g/mol. The first-order valence-electron chi connectivity index (χ1n) is 4.28. The Morgan fingerprint density at radius 1 is 1.47 bits per heavy atom. The van der Waals surface area contributed by atoms with Gasteiger partial charge in [0.1, 0.15) is 7.11 Å². The van der Waals surface area contributed by atoms with Crippen LogP contribution in [-0.2, 0) is 11.0 Å². The lowest BCUT2D eigenvalue weighted by Crippen LogP contribution is -2.06. The Kier molecular flexibility index (Phi) is 3.66. The van der Waals surface area contributed by atoms with E-state index in [9.17, 15) is 23.3 Å². The van der Waals surface area contributed by atoms with Crippen LogP contribution in [0, 0.1) is 10.1 Å². The molecule has 1 aromatic rings. The van der Waals surface area contributed by atoms with Crippen LogP contribution < -0.4 is 0 Å². The van der Waals surface area contributed by atoms with Gasteiger partial charge in [0.05, 0.1) is 22.3 Å². The van der Waals surface area contributed by atoms with Gasteiger partial charge in [0, 0.05) is 6.07 Å². The number of rotatable bonds is 3. The molecule has 0 aliphatic carbocycles. The Balaban J connectivity index is 3.27. The molecule has 0 heterocycles. The third-order valence-corrected chi connectivity index (χ3v) is 1.85. The Bertz CT molecular complexity index is 457. The number of hydrogen-bond donors (Lipinski definition) is 0. The van der Waals surface area contributed by atoms with Gasteiger partial charge < -0.3 is 4.84 Å². The molecule has 0 amide bonds. The molecule has 92 valence electrons. The molecule has 0 fully saturated rings.